The zero-order valence-corrected chi connectivity index (χ0v) is 21.9. The summed E-state index contributed by atoms with van der Waals surface area (Å²) in [6.45, 7) is 15.8. The van der Waals surface area contributed by atoms with Crippen molar-refractivity contribution in [1.82, 2.24) is 0 Å². The van der Waals surface area contributed by atoms with E-state index in [0.717, 1.165) is 35.9 Å². The van der Waals surface area contributed by atoms with Crippen LogP contribution in [0.25, 0.3) is 0 Å². The Hall–Kier alpha value is -1.18. The topological polar surface area (TPSA) is 60.5 Å². The van der Waals surface area contributed by atoms with Gasteiger partial charge in [-0.05, 0) is 42.2 Å². The fourth-order valence-electron chi connectivity index (χ4n) is 4.72. The van der Waals surface area contributed by atoms with E-state index in [2.05, 4.69) is 41.2 Å². The molecule has 2 rings (SSSR count). The summed E-state index contributed by atoms with van der Waals surface area (Å²) in [7, 11) is -0.108. The summed E-state index contributed by atoms with van der Waals surface area (Å²) >= 11 is 0. The summed E-state index contributed by atoms with van der Waals surface area (Å²) in [5, 5.41) is 9.53. The van der Waals surface area contributed by atoms with Gasteiger partial charge in [-0.2, -0.15) is 0 Å². The summed E-state index contributed by atoms with van der Waals surface area (Å²) in [4.78, 5) is 0. The van der Waals surface area contributed by atoms with E-state index in [0.29, 0.717) is 6.61 Å². The van der Waals surface area contributed by atoms with E-state index in [1.54, 1.807) is 7.11 Å². The lowest BCUT2D eigenvalue weighted by molar-refractivity contribution is -0.0656. The molecular weight excluding hydrogens is 420 g/mol. The Kier molecular flexibility index (Phi) is 10.9. The summed E-state index contributed by atoms with van der Waals surface area (Å²) in [5.41, 5.74) is 1.10. The van der Waals surface area contributed by atoms with E-state index in [1.807, 2.05) is 30.3 Å². The smallest absolute Gasteiger partial charge is 0.192 e. The van der Waals surface area contributed by atoms with Crippen LogP contribution in [0.2, 0.25) is 18.1 Å². The summed E-state index contributed by atoms with van der Waals surface area (Å²) in [6, 6.07) is 11.3. The third kappa shape index (κ3) is 6.91. The monoisotopic (exact) mass is 464 g/mol. The van der Waals surface area contributed by atoms with Gasteiger partial charge < -0.3 is 23.7 Å². The highest BCUT2D eigenvalue weighted by molar-refractivity contribution is 6.73. The van der Waals surface area contributed by atoms with Crippen LogP contribution in [-0.2, 0) is 20.5 Å². The molecule has 6 heteroatoms. The largest absolute Gasteiger partial charge is 0.497 e. The van der Waals surface area contributed by atoms with Crippen molar-refractivity contribution in [2.75, 3.05) is 13.7 Å². The van der Waals surface area contributed by atoms with Crippen LogP contribution in [0.3, 0.4) is 0 Å². The number of methoxy groups -OCH3 is 1. The number of rotatable bonds is 16. The van der Waals surface area contributed by atoms with Crippen LogP contribution in [0, 0.1) is 11.8 Å². The minimum absolute atomic E-state index is 0.0261. The first-order chi connectivity index (χ1) is 15.4. The highest BCUT2D eigenvalue weighted by Gasteiger charge is 2.48. The highest BCUT2D eigenvalue weighted by atomic mass is 28.4. The van der Waals surface area contributed by atoms with Crippen LogP contribution in [0.5, 0.6) is 5.75 Å². The number of benzene rings is 1. The normalized spacial score (nSPS) is 22.1. The van der Waals surface area contributed by atoms with E-state index in [-0.39, 0.29) is 42.9 Å². The van der Waals surface area contributed by atoms with Crippen LogP contribution in [0.15, 0.2) is 36.9 Å². The summed E-state index contributed by atoms with van der Waals surface area (Å²) in [5.74, 6) is 1.15. The average molecular weight is 465 g/mol. The second-order valence-electron chi connectivity index (χ2n) is 9.09. The molecular formula is C26H44O5Si. The molecule has 0 amide bonds. The van der Waals surface area contributed by atoms with Crippen molar-refractivity contribution in [2.45, 2.75) is 90.2 Å². The van der Waals surface area contributed by atoms with E-state index < -0.39 is 8.32 Å². The fraction of sp³-hybridized carbons (Fsp3) is 0.692. The quantitative estimate of drug-likeness (QED) is 0.197. The number of aliphatic hydroxyl groups is 1. The number of epoxide rings is 1. The Morgan fingerprint density at radius 2 is 1.75 bits per heavy atom. The van der Waals surface area contributed by atoms with Gasteiger partial charge in [-0.3, -0.25) is 0 Å². The van der Waals surface area contributed by atoms with Gasteiger partial charge in [0.05, 0.1) is 38.6 Å². The van der Waals surface area contributed by atoms with Gasteiger partial charge in [0, 0.05) is 11.8 Å². The molecule has 5 nitrogen and oxygen atoms in total. The second kappa shape index (κ2) is 12.9. The third-order valence-corrected chi connectivity index (χ3v) is 11.9. The van der Waals surface area contributed by atoms with Gasteiger partial charge in [-0.15, -0.1) is 6.58 Å². The van der Waals surface area contributed by atoms with Crippen molar-refractivity contribution < 1.29 is 23.7 Å². The first-order valence-corrected chi connectivity index (χ1v) is 14.7. The highest BCUT2D eigenvalue weighted by Crippen LogP contribution is 2.38. The molecule has 0 spiro atoms. The molecule has 1 aliphatic heterocycles. The van der Waals surface area contributed by atoms with Gasteiger partial charge in [0.15, 0.2) is 8.32 Å². The van der Waals surface area contributed by atoms with E-state index in [1.165, 1.54) is 0 Å². The summed E-state index contributed by atoms with van der Waals surface area (Å²) < 4.78 is 24.5. The Morgan fingerprint density at radius 1 is 1.12 bits per heavy atom. The van der Waals surface area contributed by atoms with Crippen molar-refractivity contribution in [1.29, 1.82) is 0 Å². The lowest BCUT2D eigenvalue weighted by atomic mass is 9.85. The molecule has 0 aliphatic carbocycles. The first kappa shape index (κ1) is 27.1. The molecule has 1 N–H and O–H groups in total. The minimum Gasteiger partial charge on any atom is -0.497 e. The zero-order chi connectivity index (χ0) is 23.7. The van der Waals surface area contributed by atoms with Crippen LogP contribution in [0.1, 0.15) is 46.6 Å². The van der Waals surface area contributed by atoms with Crippen molar-refractivity contribution in [3.8, 4) is 5.75 Å². The lowest BCUT2D eigenvalue weighted by Crippen LogP contribution is -2.46. The number of hydrogen-bond acceptors (Lipinski definition) is 5. The van der Waals surface area contributed by atoms with Gasteiger partial charge in [0.25, 0.3) is 0 Å². The molecule has 0 bridgehead atoms. The Morgan fingerprint density at radius 3 is 2.22 bits per heavy atom. The SMILES string of the molecule is C=CC[C@@H](O[Si](CC)(CC)CC)[C@H](C)[C@H](OCc1ccc(OC)cc1)[C@@H](C)[C@@H]1O[C@H]1CO. The molecule has 32 heavy (non-hydrogen) atoms. The molecule has 1 aromatic carbocycles. The molecule has 0 saturated carbocycles. The van der Waals surface area contributed by atoms with Crippen molar-refractivity contribution in [3.63, 3.8) is 0 Å². The molecule has 0 unspecified atom stereocenters. The molecule has 0 radical (unpaired) electrons. The van der Waals surface area contributed by atoms with E-state index in [4.69, 9.17) is 18.6 Å². The molecule has 1 fully saturated rings. The zero-order valence-electron chi connectivity index (χ0n) is 20.9. The summed E-state index contributed by atoms with van der Waals surface area (Å²) in [6.07, 6.45) is 2.72. The van der Waals surface area contributed by atoms with Gasteiger partial charge in [-0.1, -0.05) is 52.8 Å². The predicted molar refractivity (Wildman–Crippen MR) is 133 cm³/mol. The van der Waals surface area contributed by atoms with Crippen molar-refractivity contribution in [3.05, 3.63) is 42.5 Å². The molecule has 1 aromatic rings. The Labute approximate surface area is 196 Å². The van der Waals surface area contributed by atoms with Crippen molar-refractivity contribution in [2.24, 2.45) is 11.8 Å². The van der Waals surface area contributed by atoms with Crippen molar-refractivity contribution >= 4 is 8.32 Å². The Bertz CT molecular complexity index is 667. The fourth-order valence-corrected chi connectivity index (χ4v) is 7.67. The molecule has 1 heterocycles. The third-order valence-electron chi connectivity index (χ3n) is 7.28. The van der Waals surface area contributed by atoms with Crippen LogP contribution < -0.4 is 4.74 Å². The molecule has 182 valence electrons. The minimum atomic E-state index is -1.78. The maximum absolute atomic E-state index is 9.53. The van der Waals surface area contributed by atoms with Gasteiger partial charge >= 0.3 is 0 Å². The molecule has 1 saturated heterocycles. The standard InChI is InChI=1S/C26H44O5Si/c1-8-12-23(31-32(9-2,10-3)11-4)19(5)25(20(6)26-24(17-27)30-26)29-18-21-13-15-22(28-7)16-14-21/h8,13-16,19-20,23-27H,1,9-12,17-18H2,2-7H3/t19-,20+,23+,24-,25-,26-/m0/s1. The lowest BCUT2D eigenvalue weighted by Gasteiger charge is -2.39. The molecule has 1 aliphatic rings. The second-order valence-corrected chi connectivity index (χ2v) is 13.8. The van der Waals surface area contributed by atoms with E-state index >= 15 is 0 Å². The van der Waals surface area contributed by atoms with Crippen LogP contribution in [-0.4, -0.2) is 51.6 Å². The van der Waals surface area contributed by atoms with Gasteiger partial charge in [0.2, 0.25) is 0 Å². The average Bonchev–Trinajstić information content (AvgIpc) is 3.62. The Balaban J connectivity index is 2.21. The van der Waals surface area contributed by atoms with E-state index in [9.17, 15) is 5.11 Å². The number of hydrogen-bond donors (Lipinski definition) is 1. The molecule has 6 atom stereocenters. The number of aliphatic hydroxyl groups excluding tert-OH is 1. The predicted octanol–water partition coefficient (Wildman–Crippen LogP) is 5.58. The first-order valence-electron chi connectivity index (χ1n) is 12.2. The maximum atomic E-state index is 9.53. The number of ether oxygens (including phenoxy) is 3. The maximum Gasteiger partial charge on any atom is 0.192 e. The van der Waals surface area contributed by atoms with Gasteiger partial charge in [0.1, 0.15) is 11.9 Å². The molecule has 0 aromatic heterocycles. The van der Waals surface area contributed by atoms with Gasteiger partial charge in [-0.25, -0.2) is 0 Å². The van der Waals surface area contributed by atoms with Crippen LogP contribution >= 0.6 is 0 Å². The van der Waals surface area contributed by atoms with Crippen LogP contribution in [0.4, 0.5) is 0 Å².